The molecule has 0 aromatic heterocycles. The van der Waals surface area contributed by atoms with Gasteiger partial charge in [0.1, 0.15) is 11.6 Å². The molecular weight excluding hydrogens is 347 g/mol. The first-order valence-corrected chi connectivity index (χ1v) is 9.11. The zero-order valence-corrected chi connectivity index (χ0v) is 15.3. The molecule has 0 aliphatic carbocycles. The van der Waals surface area contributed by atoms with Crippen LogP contribution >= 0.6 is 0 Å². The second-order valence-electron chi connectivity index (χ2n) is 6.52. The number of nitrogens with one attached hydrogen (secondary N) is 1. The van der Waals surface area contributed by atoms with Crippen molar-refractivity contribution < 1.29 is 18.7 Å². The number of carbonyl (C=O) groups is 2. The molecule has 0 radical (unpaired) electrons. The highest BCUT2D eigenvalue weighted by Gasteiger charge is 2.30. The SMILES string of the molecule is CCOc1ccccc1C(=O)N[C@H]1CC(=O)N(CCc2ccc(F)cc2)C1. The molecule has 0 bridgehead atoms. The summed E-state index contributed by atoms with van der Waals surface area (Å²) in [6.07, 6.45) is 0.936. The molecule has 1 aliphatic rings. The van der Waals surface area contributed by atoms with E-state index in [0.29, 0.717) is 37.4 Å². The van der Waals surface area contributed by atoms with Crippen LogP contribution in [0.5, 0.6) is 5.75 Å². The van der Waals surface area contributed by atoms with Crippen LogP contribution in [-0.2, 0) is 11.2 Å². The fraction of sp³-hybridized carbons (Fsp3) is 0.333. The number of halogens is 1. The summed E-state index contributed by atoms with van der Waals surface area (Å²) in [5.41, 5.74) is 1.44. The number of carbonyl (C=O) groups excluding carboxylic acids is 2. The number of benzene rings is 2. The van der Waals surface area contributed by atoms with Crippen molar-refractivity contribution in [1.82, 2.24) is 10.2 Å². The molecule has 1 fully saturated rings. The average molecular weight is 370 g/mol. The van der Waals surface area contributed by atoms with E-state index < -0.39 is 0 Å². The fourth-order valence-electron chi connectivity index (χ4n) is 3.20. The van der Waals surface area contributed by atoms with Gasteiger partial charge >= 0.3 is 0 Å². The molecule has 0 spiro atoms. The summed E-state index contributed by atoms with van der Waals surface area (Å²) in [6, 6.07) is 13.1. The zero-order valence-electron chi connectivity index (χ0n) is 15.3. The first-order chi connectivity index (χ1) is 13.1. The Hall–Kier alpha value is -2.89. The topological polar surface area (TPSA) is 58.6 Å². The van der Waals surface area contributed by atoms with Crippen molar-refractivity contribution in [3.8, 4) is 5.75 Å². The number of amides is 2. The van der Waals surface area contributed by atoms with Crippen LogP contribution in [0.3, 0.4) is 0 Å². The van der Waals surface area contributed by atoms with Crippen molar-refractivity contribution in [3.05, 3.63) is 65.5 Å². The van der Waals surface area contributed by atoms with E-state index in [2.05, 4.69) is 5.32 Å². The molecule has 1 heterocycles. The van der Waals surface area contributed by atoms with Crippen molar-refractivity contribution in [2.24, 2.45) is 0 Å². The van der Waals surface area contributed by atoms with Crippen LogP contribution in [0.15, 0.2) is 48.5 Å². The lowest BCUT2D eigenvalue weighted by atomic mass is 10.1. The summed E-state index contributed by atoms with van der Waals surface area (Å²) in [6.45, 7) is 3.36. The number of rotatable bonds is 7. The molecule has 1 saturated heterocycles. The molecule has 6 heteroatoms. The Morgan fingerprint density at radius 3 is 2.70 bits per heavy atom. The summed E-state index contributed by atoms with van der Waals surface area (Å²) in [5, 5.41) is 2.93. The standard InChI is InChI=1S/C21H23FN2O3/c1-2-27-19-6-4-3-5-18(19)21(26)23-17-13-20(25)24(14-17)12-11-15-7-9-16(22)10-8-15/h3-10,17H,2,11-14H2,1H3,(H,23,26)/t17-/m0/s1. The maximum atomic E-state index is 13.0. The van der Waals surface area contributed by atoms with Crippen molar-refractivity contribution in [3.63, 3.8) is 0 Å². The van der Waals surface area contributed by atoms with E-state index >= 15 is 0 Å². The van der Waals surface area contributed by atoms with Gasteiger partial charge in [-0.2, -0.15) is 0 Å². The monoisotopic (exact) mass is 370 g/mol. The number of ether oxygens (including phenoxy) is 1. The highest BCUT2D eigenvalue weighted by atomic mass is 19.1. The van der Waals surface area contributed by atoms with Gasteiger partial charge in [0.15, 0.2) is 0 Å². The van der Waals surface area contributed by atoms with Gasteiger partial charge in [-0.1, -0.05) is 24.3 Å². The number of hydrogen-bond acceptors (Lipinski definition) is 3. The molecule has 27 heavy (non-hydrogen) atoms. The fourth-order valence-corrected chi connectivity index (χ4v) is 3.20. The average Bonchev–Trinajstić information content (AvgIpc) is 3.01. The molecule has 2 aromatic carbocycles. The van der Waals surface area contributed by atoms with E-state index in [1.54, 1.807) is 35.2 Å². The molecule has 3 rings (SSSR count). The zero-order chi connectivity index (χ0) is 19.2. The second-order valence-corrected chi connectivity index (χ2v) is 6.52. The lowest BCUT2D eigenvalue weighted by molar-refractivity contribution is -0.127. The minimum Gasteiger partial charge on any atom is -0.493 e. The highest BCUT2D eigenvalue weighted by molar-refractivity contribution is 5.97. The van der Waals surface area contributed by atoms with Gasteiger partial charge in [0.2, 0.25) is 5.91 Å². The predicted molar refractivity (Wildman–Crippen MR) is 100 cm³/mol. The van der Waals surface area contributed by atoms with Gasteiger partial charge < -0.3 is 15.0 Å². The van der Waals surface area contributed by atoms with Gasteiger partial charge in [0.05, 0.1) is 18.2 Å². The van der Waals surface area contributed by atoms with Crippen molar-refractivity contribution in [1.29, 1.82) is 0 Å². The molecular formula is C21H23FN2O3. The predicted octanol–water partition coefficient (Wildman–Crippen LogP) is 2.80. The van der Waals surface area contributed by atoms with Gasteiger partial charge in [0.25, 0.3) is 5.91 Å². The lowest BCUT2D eigenvalue weighted by Gasteiger charge is -2.17. The largest absolute Gasteiger partial charge is 0.493 e. The van der Waals surface area contributed by atoms with Crippen LogP contribution in [0.2, 0.25) is 0 Å². The molecule has 0 unspecified atom stereocenters. The smallest absolute Gasteiger partial charge is 0.255 e. The minimum absolute atomic E-state index is 0.0144. The van der Waals surface area contributed by atoms with E-state index in [4.69, 9.17) is 4.74 Å². The van der Waals surface area contributed by atoms with Gasteiger partial charge in [-0.25, -0.2) is 4.39 Å². The van der Waals surface area contributed by atoms with E-state index in [0.717, 1.165) is 5.56 Å². The Morgan fingerprint density at radius 1 is 1.22 bits per heavy atom. The molecule has 1 N–H and O–H groups in total. The summed E-state index contributed by atoms with van der Waals surface area (Å²) in [7, 11) is 0. The van der Waals surface area contributed by atoms with E-state index in [1.807, 2.05) is 13.0 Å². The number of likely N-dealkylation sites (tertiary alicyclic amines) is 1. The Kier molecular flexibility index (Phi) is 6.06. The van der Waals surface area contributed by atoms with Crippen molar-refractivity contribution in [2.75, 3.05) is 19.7 Å². The Balaban J connectivity index is 1.56. The molecule has 142 valence electrons. The van der Waals surface area contributed by atoms with Crippen LogP contribution < -0.4 is 10.1 Å². The third-order valence-corrected chi connectivity index (χ3v) is 4.56. The van der Waals surface area contributed by atoms with Gasteiger partial charge in [0, 0.05) is 19.5 Å². The van der Waals surface area contributed by atoms with Crippen LogP contribution in [0.25, 0.3) is 0 Å². The summed E-state index contributed by atoms with van der Waals surface area (Å²) < 4.78 is 18.5. The molecule has 1 aliphatic heterocycles. The van der Waals surface area contributed by atoms with E-state index in [1.165, 1.54) is 12.1 Å². The Labute approximate surface area is 158 Å². The summed E-state index contributed by atoms with van der Waals surface area (Å²) in [4.78, 5) is 26.5. The molecule has 0 saturated carbocycles. The van der Waals surface area contributed by atoms with E-state index in [9.17, 15) is 14.0 Å². The summed E-state index contributed by atoms with van der Waals surface area (Å²) in [5.74, 6) is 0.0406. The second kappa shape index (κ2) is 8.66. The van der Waals surface area contributed by atoms with E-state index in [-0.39, 0.29) is 30.1 Å². The molecule has 1 atom stereocenters. The molecule has 5 nitrogen and oxygen atoms in total. The maximum absolute atomic E-state index is 13.0. The minimum atomic E-state index is -0.272. The van der Waals surface area contributed by atoms with Crippen molar-refractivity contribution in [2.45, 2.75) is 25.8 Å². The van der Waals surface area contributed by atoms with Crippen LogP contribution in [0.4, 0.5) is 4.39 Å². The Bertz CT molecular complexity index is 807. The number of hydrogen-bond donors (Lipinski definition) is 1. The quantitative estimate of drug-likeness (QED) is 0.815. The van der Waals surface area contributed by atoms with Crippen LogP contribution in [0, 0.1) is 5.82 Å². The highest BCUT2D eigenvalue weighted by Crippen LogP contribution is 2.19. The number of nitrogens with zero attached hydrogens (tertiary/aromatic N) is 1. The maximum Gasteiger partial charge on any atom is 0.255 e. The van der Waals surface area contributed by atoms with Gasteiger partial charge in [-0.05, 0) is 43.2 Å². The normalized spacial score (nSPS) is 16.4. The third-order valence-electron chi connectivity index (χ3n) is 4.56. The lowest BCUT2D eigenvalue weighted by Crippen LogP contribution is -2.37. The van der Waals surface area contributed by atoms with Crippen LogP contribution in [-0.4, -0.2) is 42.5 Å². The van der Waals surface area contributed by atoms with Gasteiger partial charge in [-0.15, -0.1) is 0 Å². The van der Waals surface area contributed by atoms with Crippen LogP contribution in [0.1, 0.15) is 29.3 Å². The molecule has 2 aromatic rings. The first kappa shape index (κ1) is 18.9. The van der Waals surface area contributed by atoms with Gasteiger partial charge in [-0.3, -0.25) is 9.59 Å². The third kappa shape index (κ3) is 4.84. The Morgan fingerprint density at radius 2 is 1.96 bits per heavy atom. The number of para-hydroxylation sites is 1. The molecule has 2 amide bonds. The summed E-state index contributed by atoms with van der Waals surface area (Å²) >= 11 is 0. The first-order valence-electron chi connectivity index (χ1n) is 9.11. The van der Waals surface area contributed by atoms with Crippen molar-refractivity contribution >= 4 is 11.8 Å².